The predicted octanol–water partition coefficient (Wildman–Crippen LogP) is 15.1. The maximum absolute atomic E-state index is 6.84. The van der Waals surface area contributed by atoms with Crippen LogP contribution >= 0.6 is 0 Å². The van der Waals surface area contributed by atoms with Gasteiger partial charge in [-0.2, -0.15) is 9.97 Å². The van der Waals surface area contributed by atoms with E-state index in [1.54, 1.807) is 0 Å². The summed E-state index contributed by atoms with van der Waals surface area (Å²) in [6.07, 6.45) is 0. The molecule has 0 aliphatic heterocycles. The van der Waals surface area contributed by atoms with Crippen LogP contribution in [0.1, 0.15) is 13.8 Å². The molecule has 0 saturated heterocycles. The fourth-order valence-electron chi connectivity index (χ4n) is 9.19. The van der Waals surface area contributed by atoms with Crippen molar-refractivity contribution in [1.29, 1.82) is 0 Å². The minimum absolute atomic E-state index is 0.517. The Morgan fingerprint density at radius 3 is 1.77 bits per heavy atom. The Labute approximate surface area is 350 Å². The summed E-state index contributed by atoms with van der Waals surface area (Å²) in [5.41, 5.74) is 9.12. The van der Waals surface area contributed by atoms with Crippen molar-refractivity contribution >= 4 is 87.2 Å². The van der Waals surface area contributed by atoms with Gasteiger partial charge in [-0.25, -0.2) is 4.98 Å². The smallest absolute Gasteiger partial charge is 0.238 e. The van der Waals surface area contributed by atoms with Crippen LogP contribution in [0.3, 0.4) is 0 Å². The summed E-state index contributed by atoms with van der Waals surface area (Å²) in [5, 5.41) is 11.0. The lowest BCUT2D eigenvalue weighted by Crippen LogP contribution is -2.07. The molecule has 0 fully saturated rings. The minimum atomic E-state index is 0.517. The van der Waals surface area contributed by atoms with E-state index in [0.717, 1.165) is 109 Å². The zero-order valence-electron chi connectivity index (χ0n) is 33.4. The molecule has 0 aliphatic rings. The van der Waals surface area contributed by atoms with E-state index in [1.807, 2.05) is 80.6 Å². The van der Waals surface area contributed by atoms with Crippen molar-refractivity contribution in [3.63, 3.8) is 0 Å². The lowest BCUT2D eigenvalue weighted by molar-refractivity contribution is 0.669. The molecule has 13 rings (SSSR count). The van der Waals surface area contributed by atoms with Gasteiger partial charge in [0, 0.05) is 60.0 Å². The van der Waals surface area contributed by atoms with Gasteiger partial charge in [-0.05, 0) is 46.5 Å². The molecule has 6 nitrogen and oxygen atoms in total. The molecule has 13 aromatic rings. The van der Waals surface area contributed by atoms with E-state index < -0.39 is 0 Å². The third kappa shape index (κ3) is 5.32. The Kier molecular flexibility index (Phi) is 7.87. The van der Waals surface area contributed by atoms with Crippen LogP contribution in [0, 0.1) is 0 Å². The number of hydrogen-bond acceptors (Lipinski definition) is 5. The monoisotopic (exact) mass is 784 g/mol. The van der Waals surface area contributed by atoms with Gasteiger partial charge >= 0.3 is 0 Å². The highest BCUT2D eigenvalue weighted by molar-refractivity contribution is 6.25. The summed E-state index contributed by atoms with van der Waals surface area (Å²) in [6.45, 7) is 4.00. The van der Waals surface area contributed by atoms with Crippen molar-refractivity contribution in [2.24, 2.45) is 0 Å². The first-order valence-electron chi connectivity index (χ1n) is 20.8. The lowest BCUT2D eigenvalue weighted by atomic mass is 9.93. The molecule has 4 heterocycles. The molecular formula is C55H36N4O2. The van der Waals surface area contributed by atoms with E-state index in [9.17, 15) is 0 Å². The van der Waals surface area contributed by atoms with Gasteiger partial charge in [0.05, 0.1) is 11.0 Å². The zero-order chi connectivity index (χ0) is 40.6. The molecule has 4 aromatic heterocycles. The molecule has 0 N–H and O–H groups in total. The Balaban J connectivity index is 0.00000197. The SMILES string of the molecule is CC.c1ccc(-c2nc(-c3ccc4c(c3)oc3ccccc34)nc(-n3c4c(-c5c6ccccc6cc6c5oc5ccccc56)cccc4c4ccc5ccccc5c43)n2)cc1. The first kappa shape index (κ1) is 34.9. The quantitative estimate of drug-likeness (QED) is 0.178. The second kappa shape index (κ2) is 13.8. The number of para-hydroxylation sites is 3. The van der Waals surface area contributed by atoms with Crippen LogP contribution in [0.5, 0.6) is 0 Å². The molecule has 0 unspecified atom stereocenters. The largest absolute Gasteiger partial charge is 0.456 e. The molecule has 0 spiro atoms. The maximum atomic E-state index is 6.84. The standard InChI is InChI=1S/C53H30N4O2.C2H6/c1-2-14-32(15-3-1)51-54-52(34-26-27-39-37-19-8-10-23-44(37)58-46(39)30-34)56-53(55-51)57-48-36-18-7-4-13-31(36)25-28-41(48)40-21-12-22-42(49(40)57)47-35-17-6-5-16-33(35)29-43-38-20-9-11-24-45(38)59-50(43)47;1-2/h1-30H;1-2H3. The Morgan fingerprint density at radius 1 is 0.377 bits per heavy atom. The van der Waals surface area contributed by atoms with Crippen LogP contribution in [0.15, 0.2) is 191 Å². The molecule has 0 saturated carbocycles. The molecule has 61 heavy (non-hydrogen) atoms. The van der Waals surface area contributed by atoms with Gasteiger partial charge < -0.3 is 8.83 Å². The van der Waals surface area contributed by atoms with Gasteiger partial charge in [-0.15, -0.1) is 0 Å². The predicted molar refractivity (Wildman–Crippen MR) is 251 cm³/mol. The highest BCUT2D eigenvalue weighted by Crippen LogP contribution is 2.46. The van der Waals surface area contributed by atoms with E-state index in [-0.39, 0.29) is 0 Å². The second-order valence-corrected chi connectivity index (χ2v) is 15.1. The molecule has 0 atom stereocenters. The average molecular weight is 785 g/mol. The number of benzene rings is 9. The number of aromatic nitrogens is 4. The Bertz CT molecular complexity index is 3860. The molecule has 0 aliphatic carbocycles. The van der Waals surface area contributed by atoms with Crippen LogP contribution in [0.25, 0.3) is 127 Å². The molecular weight excluding hydrogens is 749 g/mol. The fourth-order valence-corrected chi connectivity index (χ4v) is 9.19. The van der Waals surface area contributed by atoms with Gasteiger partial charge in [0.25, 0.3) is 0 Å². The van der Waals surface area contributed by atoms with Crippen LogP contribution in [-0.2, 0) is 0 Å². The van der Waals surface area contributed by atoms with Crippen LogP contribution in [-0.4, -0.2) is 19.5 Å². The molecule has 9 aromatic carbocycles. The van der Waals surface area contributed by atoms with Gasteiger partial charge in [0.1, 0.15) is 22.3 Å². The number of rotatable bonds is 4. The summed E-state index contributed by atoms with van der Waals surface area (Å²) in [5.74, 6) is 1.64. The highest BCUT2D eigenvalue weighted by Gasteiger charge is 2.25. The normalized spacial score (nSPS) is 11.8. The van der Waals surface area contributed by atoms with Crippen molar-refractivity contribution in [2.45, 2.75) is 13.8 Å². The van der Waals surface area contributed by atoms with Crippen LogP contribution < -0.4 is 0 Å². The summed E-state index contributed by atoms with van der Waals surface area (Å²) < 4.78 is 15.5. The van der Waals surface area contributed by atoms with E-state index in [4.69, 9.17) is 23.8 Å². The summed E-state index contributed by atoms with van der Waals surface area (Å²) in [6, 6.07) is 63.2. The Hall–Kier alpha value is -8.09. The summed E-state index contributed by atoms with van der Waals surface area (Å²) in [7, 11) is 0. The van der Waals surface area contributed by atoms with Crippen molar-refractivity contribution in [3.05, 3.63) is 182 Å². The fraction of sp³-hybridized carbons (Fsp3) is 0.0364. The number of fused-ring (bicyclic) bond motifs is 12. The van der Waals surface area contributed by atoms with Gasteiger partial charge in [-0.3, -0.25) is 4.57 Å². The van der Waals surface area contributed by atoms with Gasteiger partial charge in [-0.1, -0.05) is 166 Å². The molecule has 6 heteroatoms. The molecule has 288 valence electrons. The topological polar surface area (TPSA) is 69.9 Å². The third-order valence-electron chi connectivity index (χ3n) is 11.8. The molecule has 0 radical (unpaired) electrons. The van der Waals surface area contributed by atoms with Crippen molar-refractivity contribution in [2.75, 3.05) is 0 Å². The Morgan fingerprint density at radius 2 is 0.967 bits per heavy atom. The van der Waals surface area contributed by atoms with Crippen molar-refractivity contribution in [1.82, 2.24) is 19.5 Å². The maximum Gasteiger partial charge on any atom is 0.238 e. The van der Waals surface area contributed by atoms with Crippen LogP contribution in [0.4, 0.5) is 0 Å². The van der Waals surface area contributed by atoms with Crippen LogP contribution in [0.2, 0.25) is 0 Å². The molecule has 0 bridgehead atoms. The van der Waals surface area contributed by atoms with Crippen molar-refractivity contribution in [3.8, 4) is 39.9 Å². The van der Waals surface area contributed by atoms with E-state index in [0.29, 0.717) is 17.6 Å². The van der Waals surface area contributed by atoms with E-state index >= 15 is 0 Å². The van der Waals surface area contributed by atoms with E-state index in [2.05, 4.69) is 120 Å². The minimum Gasteiger partial charge on any atom is -0.456 e. The van der Waals surface area contributed by atoms with Crippen molar-refractivity contribution < 1.29 is 8.83 Å². The second-order valence-electron chi connectivity index (χ2n) is 15.1. The number of furan rings is 2. The van der Waals surface area contributed by atoms with E-state index in [1.165, 1.54) is 0 Å². The zero-order valence-corrected chi connectivity index (χ0v) is 33.4. The first-order valence-corrected chi connectivity index (χ1v) is 20.8. The summed E-state index contributed by atoms with van der Waals surface area (Å²) in [4.78, 5) is 15.9. The number of hydrogen-bond donors (Lipinski definition) is 0. The average Bonchev–Trinajstić information content (AvgIpc) is 4.01. The van der Waals surface area contributed by atoms with Gasteiger partial charge in [0.2, 0.25) is 5.95 Å². The highest BCUT2D eigenvalue weighted by atomic mass is 16.3. The first-order chi connectivity index (χ1) is 30.2. The summed E-state index contributed by atoms with van der Waals surface area (Å²) >= 11 is 0. The van der Waals surface area contributed by atoms with Gasteiger partial charge in [0.15, 0.2) is 11.6 Å². The molecule has 0 amide bonds. The number of nitrogens with zero attached hydrogens (tertiary/aromatic N) is 4. The third-order valence-corrected chi connectivity index (χ3v) is 11.8. The lowest BCUT2D eigenvalue weighted by Gasteiger charge is -2.15.